The van der Waals surface area contributed by atoms with Crippen LogP contribution in [0.1, 0.15) is 74.8 Å². The molecule has 1 aromatic heterocycles. The molecule has 2 N–H and O–H groups in total. The van der Waals surface area contributed by atoms with Crippen LogP contribution in [0.3, 0.4) is 0 Å². The van der Waals surface area contributed by atoms with Gasteiger partial charge in [-0.05, 0) is 75.3 Å². The van der Waals surface area contributed by atoms with Gasteiger partial charge in [-0.1, -0.05) is 18.2 Å². The Bertz CT molecular complexity index is 1270. The van der Waals surface area contributed by atoms with Crippen LogP contribution >= 0.6 is 0 Å². The first-order valence-electron chi connectivity index (χ1n) is 13.8. The van der Waals surface area contributed by atoms with Gasteiger partial charge in [-0.3, -0.25) is 24.0 Å². The summed E-state index contributed by atoms with van der Waals surface area (Å²) in [6.07, 6.45) is 6.95. The van der Waals surface area contributed by atoms with Gasteiger partial charge >= 0.3 is 0 Å². The van der Waals surface area contributed by atoms with Crippen molar-refractivity contribution in [1.82, 2.24) is 15.5 Å². The van der Waals surface area contributed by atoms with E-state index in [0.717, 1.165) is 43.9 Å². The number of piperidine rings is 1. The van der Waals surface area contributed by atoms with Crippen molar-refractivity contribution < 1.29 is 28.4 Å². The maximum Gasteiger partial charge on any atom is 0.290 e. The number of hydrogen-bond acceptors (Lipinski definition) is 6. The Balaban J connectivity index is 1.23. The van der Waals surface area contributed by atoms with Gasteiger partial charge in [0.1, 0.15) is 17.4 Å². The Morgan fingerprint density at radius 2 is 1.87 bits per heavy atom. The summed E-state index contributed by atoms with van der Waals surface area (Å²) >= 11 is 0. The highest BCUT2D eigenvalue weighted by atomic mass is 16.3. The van der Waals surface area contributed by atoms with Gasteiger partial charge in [0, 0.05) is 30.3 Å². The molecule has 0 radical (unpaired) electrons. The van der Waals surface area contributed by atoms with Crippen LogP contribution in [0, 0.1) is 11.3 Å². The number of hydrogen-bond donors (Lipinski definition) is 2. The van der Waals surface area contributed by atoms with E-state index in [1.54, 1.807) is 17.0 Å². The number of ketones is 2. The van der Waals surface area contributed by atoms with E-state index in [-0.39, 0.29) is 41.2 Å². The lowest BCUT2D eigenvalue weighted by Gasteiger charge is -2.39. The summed E-state index contributed by atoms with van der Waals surface area (Å²) in [4.78, 5) is 67.0. The van der Waals surface area contributed by atoms with Crippen LogP contribution < -0.4 is 10.6 Å². The third kappa shape index (κ3) is 4.98. The molecule has 2 heterocycles. The fourth-order valence-corrected chi connectivity index (χ4v) is 6.04. The molecule has 1 saturated heterocycles. The van der Waals surface area contributed by atoms with Crippen molar-refractivity contribution in [2.45, 2.75) is 82.3 Å². The smallest absolute Gasteiger partial charge is 0.290 e. The van der Waals surface area contributed by atoms with Gasteiger partial charge < -0.3 is 20.0 Å². The summed E-state index contributed by atoms with van der Waals surface area (Å²) in [7, 11) is 0. The van der Waals surface area contributed by atoms with Crippen molar-refractivity contribution in [3.8, 4) is 0 Å². The lowest BCUT2D eigenvalue weighted by Crippen LogP contribution is -2.58. The Labute approximate surface area is 220 Å². The zero-order chi connectivity index (χ0) is 26.4. The molecule has 3 saturated carbocycles. The minimum Gasteiger partial charge on any atom is -0.451 e. The van der Waals surface area contributed by atoms with Crippen LogP contribution in [0.25, 0.3) is 11.0 Å². The molecule has 3 amide bonds. The predicted molar refractivity (Wildman–Crippen MR) is 137 cm³/mol. The minimum absolute atomic E-state index is 0.000839. The monoisotopic (exact) mass is 519 g/mol. The van der Waals surface area contributed by atoms with E-state index in [2.05, 4.69) is 10.6 Å². The molecular weight excluding hydrogens is 486 g/mol. The first-order chi connectivity index (χ1) is 18.3. The largest absolute Gasteiger partial charge is 0.451 e. The summed E-state index contributed by atoms with van der Waals surface area (Å²) < 4.78 is 5.81. The SMILES string of the molecule is O=C(NC1CC1)C(=O)C(CC1CCCC1=O)NC(=O)C1CC2(CCN1C(=O)c1cc3ccccc3o1)CC2. The summed E-state index contributed by atoms with van der Waals surface area (Å²) in [5.74, 6) is -2.38. The fourth-order valence-electron chi connectivity index (χ4n) is 6.04. The minimum atomic E-state index is -1.10. The number of Topliss-reactive ketones (excluding diaryl/α,β-unsaturated/α-hetero) is 2. The topological polar surface area (TPSA) is 126 Å². The van der Waals surface area contributed by atoms with Gasteiger partial charge in [0.2, 0.25) is 11.7 Å². The number of nitrogens with one attached hydrogen (secondary N) is 2. The fraction of sp³-hybridized carbons (Fsp3) is 0.552. The number of likely N-dealkylation sites (tertiary alicyclic amines) is 1. The summed E-state index contributed by atoms with van der Waals surface area (Å²) in [5, 5.41) is 6.32. The normalized spacial score (nSPS) is 24.8. The van der Waals surface area contributed by atoms with Gasteiger partial charge in [-0.2, -0.15) is 0 Å². The maximum absolute atomic E-state index is 13.8. The highest BCUT2D eigenvalue weighted by Gasteiger charge is 2.52. The van der Waals surface area contributed by atoms with Crippen LogP contribution in [-0.4, -0.2) is 58.9 Å². The molecule has 3 atom stereocenters. The number of furan rings is 1. The molecule has 3 aliphatic carbocycles. The number of carbonyl (C=O) groups is 5. The number of fused-ring (bicyclic) bond motifs is 1. The van der Waals surface area contributed by atoms with E-state index in [1.807, 2.05) is 18.2 Å². The molecule has 200 valence electrons. The number of para-hydroxylation sites is 1. The zero-order valence-electron chi connectivity index (χ0n) is 21.4. The summed E-state index contributed by atoms with van der Waals surface area (Å²) in [6, 6.07) is 7.16. The Morgan fingerprint density at radius 3 is 2.55 bits per heavy atom. The molecule has 3 unspecified atom stereocenters. The molecule has 1 aromatic carbocycles. The average molecular weight is 520 g/mol. The average Bonchev–Trinajstić information content (AvgIpc) is 3.80. The van der Waals surface area contributed by atoms with E-state index in [4.69, 9.17) is 4.42 Å². The second kappa shape index (κ2) is 9.67. The quantitative estimate of drug-likeness (QED) is 0.517. The molecular formula is C29H33N3O6. The molecule has 1 aliphatic heterocycles. The third-order valence-corrected chi connectivity index (χ3v) is 8.76. The molecule has 9 nitrogen and oxygen atoms in total. The van der Waals surface area contributed by atoms with E-state index in [1.165, 1.54) is 0 Å². The molecule has 2 aromatic rings. The van der Waals surface area contributed by atoms with Crippen molar-refractivity contribution in [3.63, 3.8) is 0 Å². The summed E-state index contributed by atoms with van der Waals surface area (Å²) in [5.41, 5.74) is 0.637. The molecule has 4 fully saturated rings. The third-order valence-electron chi connectivity index (χ3n) is 8.76. The summed E-state index contributed by atoms with van der Waals surface area (Å²) in [6.45, 7) is 0.413. The molecule has 6 rings (SSSR count). The molecule has 38 heavy (non-hydrogen) atoms. The van der Waals surface area contributed by atoms with E-state index < -0.39 is 29.7 Å². The second-order valence-electron chi connectivity index (χ2n) is 11.6. The van der Waals surface area contributed by atoms with Crippen LogP contribution in [0.2, 0.25) is 0 Å². The van der Waals surface area contributed by atoms with Crippen molar-refractivity contribution in [3.05, 3.63) is 36.1 Å². The highest BCUT2D eigenvalue weighted by Crippen LogP contribution is 2.55. The second-order valence-corrected chi connectivity index (χ2v) is 11.6. The van der Waals surface area contributed by atoms with Gasteiger partial charge in [0.25, 0.3) is 11.8 Å². The maximum atomic E-state index is 13.8. The standard InChI is InChI=1S/C29H33N3O6/c33-22-6-3-5-17(22)14-20(25(34)27(36)30-19-8-9-19)31-26(35)21-16-29(10-11-29)12-13-32(21)28(37)24-15-18-4-1-2-7-23(18)38-24/h1-2,4,7,15,17,19-21H,3,5-6,8-14,16H2,(H,30,36)(H,31,35). The van der Waals surface area contributed by atoms with Gasteiger partial charge in [0.05, 0.1) is 6.04 Å². The number of carbonyl (C=O) groups excluding carboxylic acids is 5. The number of nitrogens with zero attached hydrogens (tertiary/aromatic N) is 1. The first kappa shape index (κ1) is 24.8. The van der Waals surface area contributed by atoms with Crippen LogP contribution in [0.15, 0.2) is 34.7 Å². The molecule has 4 aliphatic rings. The Morgan fingerprint density at radius 1 is 1.08 bits per heavy atom. The van der Waals surface area contributed by atoms with Crippen LogP contribution in [0.5, 0.6) is 0 Å². The molecule has 1 spiro atoms. The van der Waals surface area contributed by atoms with Gasteiger partial charge in [-0.25, -0.2) is 0 Å². The first-order valence-corrected chi connectivity index (χ1v) is 13.8. The molecule has 9 heteroatoms. The van der Waals surface area contributed by atoms with Crippen LogP contribution in [0.4, 0.5) is 0 Å². The van der Waals surface area contributed by atoms with Gasteiger partial charge in [-0.15, -0.1) is 0 Å². The Kier molecular flexibility index (Phi) is 6.32. The van der Waals surface area contributed by atoms with E-state index >= 15 is 0 Å². The number of rotatable bonds is 8. The van der Waals surface area contributed by atoms with E-state index in [9.17, 15) is 24.0 Å². The highest BCUT2D eigenvalue weighted by molar-refractivity contribution is 6.38. The Hall–Kier alpha value is -3.49. The zero-order valence-corrected chi connectivity index (χ0v) is 21.4. The lowest BCUT2D eigenvalue weighted by atomic mass is 9.86. The number of benzene rings is 1. The molecule has 0 bridgehead atoms. The number of amides is 3. The van der Waals surface area contributed by atoms with Crippen LogP contribution in [-0.2, 0) is 19.2 Å². The predicted octanol–water partition coefficient (Wildman–Crippen LogP) is 2.91. The van der Waals surface area contributed by atoms with Gasteiger partial charge in [0.15, 0.2) is 5.76 Å². The van der Waals surface area contributed by atoms with Crippen molar-refractivity contribution in [1.29, 1.82) is 0 Å². The lowest BCUT2D eigenvalue weighted by molar-refractivity contribution is -0.141. The van der Waals surface area contributed by atoms with Crippen molar-refractivity contribution in [2.75, 3.05) is 6.54 Å². The van der Waals surface area contributed by atoms with E-state index in [0.29, 0.717) is 31.4 Å². The van der Waals surface area contributed by atoms with Crippen molar-refractivity contribution in [2.24, 2.45) is 11.3 Å². The van der Waals surface area contributed by atoms with Crippen molar-refractivity contribution >= 4 is 40.3 Å².